The number of nitriles is 1. The molecular formula is C13H26N2S. The molecule has 2 atom stereocenters. The maximum Gasteiger partial charge on any atom is 0.104 e. The van der Waals surface area contributed by atoms with Crippen LogP contribution in [0.15, 0.2) is 0 Å². The van der Waals surface area contributed by atoms with E-state index in [0.29, 0.717) is 5.25 Å². The van der Waals surface area contributed by atoms with Crippen molar-refractivity contribution in [2.75, 3.05) is 12.3 Å². The van der Waals surface area contributed by atoms with Gasteiger partial charge in [0, 0.05) is 5.25 Å². The third-order valence-electron chi connectivity index (χ3n) is 2.61. The average Bonchev–Trinajstić information content (AvgIpc) is 2.17. The minimum absolute atomic E-state index is 0.362. The fourth-order valence-corrected chi connectivity index (χ4v) is 3.15. The summed E-state index contributed by atoms with van der Waals surface area (Å²) in [4.78, 5) is 0. The fraction of sp³-hybridized carbons (Fsp3) is 0.923. The molecule has 0 spiro atoms. The van der Waals surface area contributed by atoms with Crippen LogP contribution in [0.25, 0.3) is 0 Å². The lowest BCUT2D eigenvalue weighted by atomic mass is 9.98. The van der Waals surface area contributed by atoms with Gasteiger partial charge in [0.2, 0.25) is 0 Å². The first-order chi connectivity index (χ1) is 7.43. The summed E-state index contributed by atoms with van der Waals surface area (Å²) in [6, 6.07) is 2.39. The van der Waals surface area contributed by atoms with Crippen molar-refractivity contribution in [1.82, 2.24) is 5.32 Å². The molecule has 0 aromatic heterocycles. The van der Waals surface area contributed by atoms with Gasteiger partial charge in [0.1, 0.15) is 5.54 Å². The first-order valence-corrected chi connectivity index (χ1v) is 7.26. The maximum atomic E-state index is 9.16. The summed E-state index contributed by atoms with van der Waals surface area (Å²) in [7, 11) is 0. The normalized spacial score (nSPS) is 16.8. The molecular weight excluding hydrogens is 216 g/mol. The lowest BCUT2D eigenvalue weighted by molar-refractivity contribution is 0.429. The quantitative estimate of drug-likeness (QED) is 0.708. The molecule has 0 saturated carbocycles. The Hall–Kier alpha value is -0.200. The van der Waals surface area contributed by atoms with Crippen molar-refractivity contribution < 1.29 is 0 Å². The zero-order valence-corrected chi connectivity index (χ0v) is 12.2. The van der Waals surface area contributed by atoms with Crippen LogP contribution in [-0.2, 0) is 0 Å². The Morgan fingerprint density at radius 1 is 1.38 bits per heavy atom. The van der Waals surface area contributed by atoms with Crippen molar-refractivity contribution in [2.45, 2.75) is 58.2 Å². The topological polar surface area (TPSA) is 35.8 Å². The molecule has 94 valence electrons. The molecule has 0 aliphatic carbocycles. The minimum Gasteiger partial charge on any atom is -0.300 e. The van der Waals surface area contributed by atoms with E-state index in [4.69, 9.17) is 5.26 Å². The predicted octanol–water partition coefficient (Wildman–Crippen LogP) is 3.44. The maximum absolute atomic E-state index is 9.16. The molecule has 0 amide bonds. The molecule has 0 heterocycles. The monoisotopic (exact) mass is 242 g/mol. The molecule has 0 fully saturated rings. The number of nitrogens with zero attached hydrogens (tertiary/aromatic N) is 1. The van der Waals surface area contributed by atoms with E-state index in [2.05, 4.69) is 32.2 Å². The van der Waals surface area contributed by atoms with Gasteiger partial charge in [0.25, 0.3) is 0 Å². The van der Waals surface area contributed by atoms with E-state index in [1.165, 1.54) is 12.2 Å². The van der Waals surface area contributed by atoms with Crippen LogP contribution in [0.1, 0.15) is 47.5 Å². The molecule has 0 bridgehead atoms. The Kier molecular flexibility index (Phi) is 7.87. The van der Waals surface area contributed by atoms with E-state index in [0.717, 1.165) is 18.9 Å². The third-order valence-corrected chi connectivity index (χ3v) is 3.81. The van der Waals surface area contributed by atoms with Crippen molar-refractivity contribution in [1.29, 1.82) is 5.26 Å². The molecule has 0 rings (SSSR count). The number of hydrogen-bond acceptors (Lipinski definition) is 3. The first-order valence-electron chi connectivity index (χ1n) is 6.21. The molecule has 0 aromatic carbocycles. The van der Waals surface area contributed by atoms with Gasteiger partial charge in [-0.3, -0.25) is 5.32 Å². The van der Waals surface area contributed by atoms with Gasteiger partial charge < -0.3 is 0 Å². The van der Waals surface area contributed by atoms with Gasteiger partial charge in [-0.1, -0.05) is 27.7 Å². The van der Waals surface area contributed by atoms with Crippen molar-refractivity contribution >= 4 is 11.8 Å². The van der Waals surface area contributed by atoms with Gasteiger partial charge in [0.05, 0.1) is 6.07 Å². The van der Waals surface area contributed by atoms with Gasteiger partial charge in [-0.2, -0.15) is 17.0 Å². The van der Waals surface area contributed by atoms with Crippen LogP contribution >= 0.6 is 11.8 Å². The molecule has 2 unspecified atom stereocenters. The van der Waals surface area contributed by atoms with Crippen LogP contribution in [-0.4, -0.2) is 23.1 Å². The molecule has 0 aromatic rings. The minimum atomic E-state index is -0.362. The number of thioether (sulfide) groups is 1. The van der Waals surface area contributed by atoms with Gasteiger partial charge in [-0.05, 0) is 38.0 Å². The molecule has 0 aliphatic rings. The Balaban J connectivity index is 3.92. The smallest absolute Gasteiger partial charge is 0.104 e. The van der Waals surface area contributed by atoms with Crippen molar-refractivity contribution in [3.05, 3.63) is 0 Å². The summed E-state index contributed by atoms with van der Waals surface area (Å²) >= 11 is 1.98. The molecule has 0 saturated heterocycles. The largest absolute Gasteiger partial charge is 0.300 e. The fourth-order valence-electron chi connectivity index (χ4n) is 1.69. The highest BCUT2D eigenvalue weighted by Gasteiger charge is 2.25. The van der Waals surface area contributed by atoms with Crippen LogP contribution < -0.4 is 5.32 Å². The second kappa shape index (κ2) is 7.97. The highest BCUT2D eigenvalue weighted by atomic mass is 32.2. The van der Waals surface area contributed by atoms with Crippen molar-refractivity contribution in [3.8, 4) is 6.07 Å². The zero-order chi connectivity index (χ0) is 12.6. The standard InChI is InChI=1S/C13H26N2S/c1-6-15-13(5,10-14)9-12(4)16-8-7-11(2)3/h11-12,15H,6-9H2,1-5H3. The van der Waals surface area contributed by atoms with Gasteiger partial charge in [0.15, 0.2) is 0 Å². The zero-order valence-electron chi connectivity index (χ0n) is 11.3. The Bertz CT molecular complexity index is 222. The summed E-state index contributed by atoms with van der Waals surface area (Å²) in [5, 5.41) is 13.0. The summed E-state index contributed by atoms with van der Waals surface area (Å²) < 4.78 is 0. The van der Waals surface area contributed by atoms with E-state index in [-0.39, 0.29) is 5.54 Å². The third kappa shape index (κ3) is 7.14. The Morgan fingerprint density at radius 2 is 2.00 bits per heavy atom. The number of nitrogens with one attached hydrogen (secondary N) is 1. The van der Waals surface area contributed by atoms with Gasteiger partial charge >= 0.3 is 0 Å². The predicted molar refractivity (Wildman–Crippen MR) is 73.7 cm³/mol. The molecule has 0 radical (unpaired) electrons. The lowest BCUT2D eigenvalue weighted by Gasteiger charge is -2.26. The Labute approximate surface area is 105 Å². The molecule has 16 heavy (non-hydrogen) atoms. The number of hydrogen-bond donors (Lipinski definition) is 1. The highest BCUT2D eigenvalue weighted by Crippen LogP contribution is 2.23. The van der Waals surface area contributed by atoms with E-state index >= 15 is 0 Å². The van der Waals surface area contributed by atoms with E-state index in [1.54, 1.807) is 0 Å². The summed E-state index contributed by atoms with van der Waals surface area (Å²) in [5.74, 6) is 1.97. The highest BCUT2D eigenvalue weighted by molar-refractivity contribution is 7.99. The van der Waals surface area contributed by atoms with Gasteiger partial charge in [-0.25, -0.2) is 0 Å². The van der Waals surface area contributed by atoms with E-state index in [1.807, 2.05) is 25.6 Å². The summed E-state index contributed by atoms with van der Waals surface area (Å²) in [5.41, 5.74) is -0.362. The van der Waals surface area contributed by atoms with Gasteiger partial charge in [-0.15, -0.1) is 0 Å². The van der Waals surface area contributed by atoms with Crippen molar-refractivity contribution in [3.63, 3.8) is 0 Å². The first kappa shape index (κ1) is 15.8. The van der Waals surface area contributed by atoms with Crippen LogP contribution in [0, 0.1) is 17.2 Å². The van der Waals surface area contributed by atoms with Crippen LogP contribution in [0.4, 0.5) is 0 Å². The summed E-state index contributed by atoms with van der Waals surface area (Å²) in [6.07, 6.45) is 2.18. The second-order valence-corrected chi connectivity index (χ2v) is 6.59. The molecule has 3 heteroatoms. The molecule has 1 N–H and O–H groups in total. The Morgan fingerprint density at radius 3 is 2.44 bits per heavy atom. The van der Waals surface area contributed by atoms with Crippen LogP contribution in [0.5, 0.6) is 0 Å². The summed E-state index contributed by atoms with van der Waals surface area (Å²) in [6.45, 7) is 11.6. The second-order valence-electron chi connectivity index (χ2n) is 5.04. The lowest BCUT2D eigenvalue weighted by Crippen LogP contribution is -2.42. The molecule has 2 nitrogen and oxygen atoms in total. The van der Waals surface area contributed by atoms with E-state index in [9.17, 15) is 0 Å². The van der Waals surface area contributed by atoms with Crippen molar-refractivity contribution in [2.24, 2.45) is 5.92 Å². The van der Waals surface area contributed by atoms with E-state index < -0.39 is 0 Å². The SMILES string of the molecule is CCNC(C)(C#N)CC(C)SCCC(C)C. The average molecular weight is 242 g/mol. The molecule has 0 aliphatic heterocycles. The number of rotatable bonds is 8. The van der Waals surface area contributed by atoms with Crippen LogP contribution in [0.3, 0.4) is 0 Å². The van der Waals surface area contributed by atoms with Crippen LogP contribution in [0.2, 0.25) is 0 Å².